The number of aliphatic hydroxyl groups excluding tert-OH is 6. The van der Waals surface area contributed by atoms with Crippen LogP contribution in [0, 0.1) is 118 Å². The maximum absolute atomic E-state index is 8.96. The molecule has 24 atom stereocenters. The molecule has 0 fully saturated rings. The minimum absolute atomic E-state index is 0. The highest BCUT2D eigenvalue weighted by Gasteiger charge is 2.30. The summed E-state index contributed by atoms with van der Waals surface area (Å²) in [5.74, 6) is 17.6. The third kappa shape index (κ3) is 38.0. The molecule has 0 aliphatic carbocycles. The van der Waals surface area contributed by atoms with E-state index in [1.54, 1.807) is 0 Å². The molecule has 0 bridgehead atoms. The van der Waals surface area contributed by atoms with E-state index in [4.69, 9.17) is 30.6 Å². The average Bonchev–Trinajstić information content (AvgIpc) is 3.42. The van der Waals surface area contributed by atoms with Gasteiger partial charge in [0.05, 0.1) is 13.2 Å². The fraction of sp³-hybridized carbons (Fsp3) is 1.00. The fourth-order valence-electron chi connectivity index (χ4n) is 9.57. The normalized spacial score (nSPS) is 21.2. The standard InChI is InChI=1S/5C12H26.C6H14O6.H3N/c5*1-7-9(3)11(5)12(6)10(4)8-2;7-1-3(9)5(11)6(12)4(10)2-8;/h5*9-12H,7-8H2,1-6H3;3-12H,1-2H2;1H3. The Morgan fingerprint density at radius 2 is 0.288 bits per heavy atom. The lowest BCUT2D eigenvalue weighted by Crippen LogP contribution is -2.46. The van der Waals surface area contributed by atoms with Crippen LogP contribution >= 0.6 is 0 Å². The molecule has 452 valence electrons. The van der Waals surface area contributed by atoms with Gasteiger partial charge in [0, 0.05) is 0 Å². The van der Waals surface area contributed by atoms with Gasteiger partial charge >= 0.3 is 0 Å². The first-order chi connectivity index (χ1) is 33.2. The molecule has 0 saturated carbocycles. The van der Waals surface area contributed by atoms with Crippen LogP contribution in [0.5, 0.6) is 0 Å². The van der Waals surface area contributed by atoms with Crippen molar-refractivity contribution in [2.75, 3.05) is 13.2 Å². The van der Waals surface area contributed by atoms with Crippen LogP contribution in [0.25, 0.3) is 0 Å². The summed E-state index contributed by atoms with van der Waals surface area (Å²) < 4.78 is 0. The quantitative estimate of drug-likeness (QED) is 0.0378. The topological polar surface area (TPSA) is 156 Å². The van der Waals surface area contributed by atoms with Gasteiger partial charge in [-0.1, -0.05) is 272 Å². The van der Waals surface area contributed by atoms with Crippen LogP contribution in [-0.2, 0) is 0 Å². The summed E-state index contributed by atoms with van der Waals surface area (Å²) in [6, 6.07) is 0. The van der Waals surface area contributed by atoms with Gasteiger partial charge in [-0.2, -0.15) is 0 Å². The Balaban J connectivity index is -0.000000143. The van der Waals surface area contributed by atoms with Gasteiger partial charge in [0.15, 0.2) is 0 Å². The molecule has 0 aromatic heterocycles. The summed E-state index contributed by atoms with van der Waals surface area (Å²) in [6.45, 7) is 69.4. The molecule has 73 heavy (non-hydrogen) atoms. The number of aliphatic hydroxyl groups is 6. The lowest BCUT2D eigenvalue weighted by Gasteiger charge is -2.29. The Morgan fingerprint density at radius 3 is 0.342 bits per heavy atom. The fourth-order valence-corrected chi connectivity index (χ4v) is 9.57. The van der Waals surface area contributed by atoms with Crippen LogP contribution in [-0.4, -0.2) is 68.3 Å². The highest BCUT2D eigenvalue weighted by molar-refractivity contribution is 4.80. The largest absolute Gasteiger partial charge is 0.394 e. The van der Waals surface area contributed by atoms with Crippen LogP contribution in [0.15, 0.2) is 0 Å². The zero-order valence-electron chi connectivity index (χ0n) is 55.7. The molecule has 0 saturated heterocycles. The average molecular weight is 1050 g/mol. The molecule has 24 unspecified atom stereocenters. The van der Waals surface area contributed by atoms with Crippen molar-refractivity contribution < 1.29 is 30.6 Å². The van der Waals surface area contributed by atoms with E-state index < -0.39 is 37.6 Å². The highest BCUT2D eigenvalue weighted by atomic mass is 16.4. The van der Waals surface area contributed by atoms with Crippen LogP contribution in [0.3, 0.4) is 0 Å². The van der Waals surface area contributed by atoms with Crippen molar-refractivity contribution in [1.29, 1.82) is 0 Å². The van der Waals surface area contributed by atoms with Gasteiger partial charge < -0.3 is 36.8 Å². The molecular weight excluding hydrogens is 903 g/mol. The van der Waals surface area contributed by atoms with Crippen LogP contribution < -0.4 is 6.15 Å². The smallest absolute Gasteiger partial charge is 0.111 e. The van der Waals surface area contributed by atoms with Crippen molar-refractivity contribution in [2.45, 2.75) is 296 Å². The Kier molecular flexibility index (Phi) is 60.7. The summed E-state index contributed by atoms with van der Waals surface area (Å²) in [4.78, 5) is 0. The molecule has 0 heterocycles. The lowest BCUT2D eigenvalue weighted by molar-refractivity contribution is -0.123. The van der Waals surface area contributed by atoms with Crippen LogP contribution in [0.4, 0.5) is 0 Å². The maximum atomic E-state index is 8.96. The van der Waals surface area contributed by atoms with E-state index >= 15 is 0 Å². The Hall–Kier alpha value is -0.280. The molecule has 0 radical (unpaired) electrons. The summed E-state index contributed by atoms with van der Waals surface area (Å²) in [5.41, 5.74) is 0. The predicted octanol–water partition coefficient (Wildman–Crippen LogP) is 18.3. The lowest BCUT2D eigenvalue weighted by atomic mass is 9.77. The van der Waals surface area contributed by atoms with Gasteiger partial charge in [-0.25, -0.2) is 0 Å². The molecular formula is C66H147NO6. The molecule has 0 aliphatic heterocycles. The minimum atomic E-state index is -1.67. The second kappa shape index (κ2) is 51.2. The van der Waals surface area contributed by atoms with Crippen molar-refractivity contribution in [3.63, 3.8) is 0 Å². The third-order valence-electron chi connectivity index (χ3n) is 21.1. The molecule has 7 heteroatoms. The van der Waals surface area contributed by atoms with Gasteiger partial charge in [-0.15, -0.1) is 0 Å². The highest BCUT2D eigenvalue weighted by Crippen LogP contribution is 2.33. The van der Waals surface area contributed by atoms with Gasteiger partial charge in [0.25, 0.3) is 0 Å². The van der Waals surface area contributed by atoms with Crippen LogP contribution in [0.1, 0.15) is 272 Å². The minimum Gasteiger partial charge on any atom is -0.394 e. The van der Waals surface area contributed by atoms with E-state index in [-0.39, 0.29) is 6.15 Å². The van der Waals surface area contributed by atoms with E-state index in [1.807, 2.05) is 0 Å². The Labute approximate surface area is 462 Å². The second-order valence-corrected chi connectivity index (χ2v) is 24.9. The van der Waals surface area contributed by atoms with Crippen molar-refractivity contribution in [1.82, 2.24) is 6.15 Å². The van der Waals surface area contributed by atoms with Crippen molar-refractivity contribution in [2.24, 2.45) is 118 Å². The van der Waals surface area contributed by atoms with Crippen LogP contribution in [0.2, 0.25) is 0 Å². The first kappa shape index (κ1) is 86.6. The SMILES string of the molecule is CCC(C)C(C)C(C)C(C)CC.CCC(C)C(C)C(C)C(C)CC.CCC(C)C(C)C(C)C(C)CC.CCC(C)C(C)C(C)C(C)CC.CCC(C)C(C)C(C)C(C)CC.N.OCC(O)C(O)C(O)C(O)CO. The van der Waals surface area contributed by atoms with Gasteiger partial charge in [0.1, 0.15) is 24.4 Å². The molecule has 0 spiro atoms. The molecule has 0 aromatic carbocycles. The van der Waals surface area contributed by atoms with E-state index in [1.165, 1.54) is 64.2 Å². The van der Waals surface area contributed by atoms with Crippen molar-refractivity contribution >= 4 is 0 Å². The second-order valence-electron chi connectivity index (χ2n) is 24.9. The molecule has 0 amide bonds. The summed E-state index contributed by atoms with van der Waals surface area (Å²) in [6.07, 6.45) is 6.82. The van der Waals surface area contributed by atoms with E-state index in [0.717, 1.165) is 118 Å². The number of hydrogen-bond acceptors (Lipinski definition) is 7. The maximum Gasteiger partial charge on any atom is 0.111 e. The van der Waals surface area contributed by atoms with Gasteiger partial charge in [0.2, 0.25) is 0 Å². The van der Waals surface area contributed by atoms with E-state index in [9.17, 15) is 0 Å². The van der Waals surface area contributed by atoms with Gasteiger partial charge in [-0.05, 0) is 118 Å². The molecule has 0 aliphatic rings. The number of rotatable bonds is 30. The molecule has 0 rings (SSSR count). The van der Waals surface area contributed by atoms with Crippen molar-refractivity contribution in [3.05, 3.63) is 0 Å². The summed E-state index contributed by atoms with van der Waals surface area (Å²) in [5, 5.41) is 52.2. The monoisotopic (exact) mass is 1050 g/mol. The zero-order valence-corrected chi connectivity index (χ0v) is 55.7. The van der Waals surface area contributed by atoms with Gasteiger partial charge in [-0.3, -0.25) is 0 Å². The molecule has 0 aromatic rings. The third-order valence-corrected chi connectivity index (χ3v) is 21.1. The zero-order chi connectivity index (χ0) is 58.3. The predicted molar refractivity (Wildman–Crippen MR) is 329 cm³/mol. The summed E-state index contributed by atoms with van der Waals surface area (Å²) >= 11 is 0. The first-order valence-electron chi connectivity index (χ1n) is 31.2. The first-order valence-corrected chi connectivity index (χ1v) is 31.2. The Bertz CT molecular complexity index is 810. The molecule has 7 nitrogen and oxygen atoms in total. The van der Waals surface area contributed by atoms with Crippen molar-refractivity contribution in [3.8, 4) is 0 Å². The summed E-state index contributed by atoms with van der Waals surface area (Å²) in [7, 11) is 0. The van der Waals surface area contributed by atoms with E-state index in [2.05, 4.69) is 208 Å². The number of hydrogen-bond donors (Lipinski definition) is 7. The van der Waals surface area contributed by atoms with E-state index in [0.29, 0.717) is 0 Å². The molecule has 9 N–H and O–H groups in total. The Morgan fingerprint density at radius 1 is 0.205 bits per heavy atom.